The van der Waals surface area contributed by atoms with Crippen LogP contribution in [0, 0.1) is 0 Å². The van der Waals surface area contributed by atoms with Crippen LogP contribution in [-0.4, -0.2) is 68.5 Å². The van der Waals surface area contributed by atoms with Gasteiger partial charge in [0.05, 0.1) is 71.0 Å². The Morgan fingerprint density at radius 1 is 0.469 bits per heavy atom. The molecule has 3 aromatic heterocycles. The minimum Gasteiger partial charge on any atom is -0.497 e. The number of carbonyl (C=O) groups excluding carboxylic acids is 1. The molecule has 0 atom stereocenters. The van der Waals surface area contributed by atoms with Gasteiger partial charge in [0, 0.05) is 69.6 Å². The Bertz CT molecular complexity index is 3130. The second kappa shape index (κ2) is 17.3. The molecule has 9 rings (SSSR count). The first-order chi connectivity index (χ1) is 31.2. The van der Waals surface area contributed by atoms with E-state index in [9.17, 15) is 4.79 Å². The molecule has 0 unspecified atom stereocenters. The number of methoxy groups -OCH3 is 6. The summed E-state index contributed by atoms with van der Waals surface area (Å²) in [5.74, 6) is 3.60. The lowest BCUT2D eigenvalue weighted by molar-refractivity contribution is -0.114. The van der Waals surface area contributed by atoms with Gasteiger partial charge in [0.25, 0.3) is 0 Å². The van der Waals surface area contributed by atoms with Crippen LogP contribution in [0.3, 0.4) is 0 Å². The summed E-state index contributed by atoms with van der Waals surface area (Å²) in [5.41, 5.74) is 13.4. The van der Waals surface area contributed by atoms with Gasteiger partial charge in [-0.05, 0) is 119 Å². The number of benzene rings is 4. The van der Waals surface area contributed by atoms with Crippen LogP contribution in [0.25, 0.3) is 90.9 Å². The minimum atomic E-state index is -0.150. The molecule has 0 aliphatic carbocycles. The molecular formula is C52H45N5O7. The fraction of sp³-hybridized carbons (Fsp3) is 0.135. The van der Waals surface area contributed by atoms with Gasteiger partial charge in [-0.1, -0.05) is 12.1 Å². The second-order valence-corrected chi connectivity index (χ2v) is 15.1. The van der Waals surface area contributed by atoms with Gasteiger partial charge in [-0.2, -0.15) is 0 Å². The molecule has 0 saturated heterocycles. The van der Waals surface area contributed by atoms with Gasteiger partial charge in [-0.25, -0.2) is 9.97 Å². The van der Waals surface area contributed by atoms with Crippen molar-refractivity contribution in [2.24, 2.45) is 0 Å². The molecule has 2 aliphatic rings. The van der Waals surface area contributed by atoms with Crippen LogP contribution >= 0.6 is 0 Å². The zero-order valence-corrected chi connectivity index (χ0v) is 36.4. The van der Waals surface area contributed by atoms with Crippen molar-refractivity contribution in [3.8, 4) is 79.0 Å². The van der Waals surface area contributed by atoms with Crippen LogP contribution in [0.4, 0.5) is 5.69 Å². The van der Waals surface area contributed by atoms with Crippen LogP contribution < -0.4 is 33.7 Å². The third-order valence-corrected chi connectivity index (χ3v) is 11.1. The van der Waals surface area contributed by atoms with Crippen molar-refractivity contribution < 1.29 is 33.2 Å². The molecule has 320 valence electrons. The number of ether oxygens (including phenoxy) is 6. The van der Waals surface area contributed by atoms with E-state index < -0.39 is 0 Å². The van der Waals surface area contributed by atoms with E-state index in [4.69, 9.17) is 38.4 Å². The second-order valence-electron chi connectivity index (χ2n) is 15.1. The highest BCUT2D eigenvalue weighted by molar-refractivity contribution is 6.02. The molecule has 3 N–H and O–H groups in total. The maximum atomic E-state index is 12.0. The summed E-state index contributed by atoms with van der Waals surface area (Å²) in [5, 5.41) is 2.88. The molecule has 0 spiro atoms. The molecule has 12 heteroatoms. The van der Waals surface area contributed by atoms with Crippen molar-refractivity contribution in [1.29, 1.82) is 0 Å². The number of carbonyl (C=O) groups is 1. The molecule has 0 saturated carbocycles. The Hall–Kier alpha value is -8.25. The Kier molecular flexibility index (Phi) is 11.1. The SMILES string of the molecule is COc1cc(OC)cc(-c2c3nc(cc4cc(-c5ccc(NC(C)=O)cc5)c([nH]4)c(-c4cc(OC)cc(OC)c4)c4nc(c(-c5cc(OC)cc(OC)c5)c5ccc2[nH]5)C=C4)C=C3)c1. The minimum absolute atomic E-state index is 0.150. The first kappa shape index (κ1) is 41.1. The number of nitrogens with one attached hydrogen (secondary N) is 3. The smallest absolute Gasteiger partial charge is 0.221 e. The van der Waals surface area contributed by atoms with Gasteiger partial charge in [0.2, 0.25) is 5.91 Å². The van der Waals surface area contributed by atoms with Crippen LogP contribution in [0.15, 0.2) is 103 Å². The zero-order valence-electron chi connectivity index (χ0n) is 36.4. The van der Waals surface area contributed by atoms with E-state index in [2.05, 4.69) is 27.4 Å². The van der Waals surface area contributed by atoms with Crippen molar-refractivity contribution >= 4 is 58.0 Å². The maximum Gasteiger partial charge on any atom is 0.221 e. The fourth-order valence-corrected chi connectivity index (χ4v) is 8.16. The average molecular weight is 852 g/mol. The zero-order chi connectivity index (χ0) is 44.5. The first-order valence-electron chi connectivity index (χ1n) is 20.4. The predicted molar refractivity (Wildman–Crippen MR) is 254 cm³/mol. The van der Waals surface area contributed by atoms with Crippen molar-refractivity contribution in [3.63, 3.8) is 0 Å². The van der Waals surface area contributed by atoms with E-state index >= 15 is 0 Å². The maximum absolute atomic E-state index is 12.0. The van der Waals surface area contributed by atoms with E-state index in [1.807, 2.05) is 115 Å². The molecule has 64 heavy (non-hydrogen) atoms. The highest BCUT2D eigenvalue weighted by atomic mass is 16.5. The quantitative estimate of drug-likeness (QED) is 0.116. The van der Waals surface area contributed by atoms with Crippen LogP contribution in [0.5, 0.6) is 34.5 Å². The third-order valence-electron chi connectivity index (χ3n) is 11.1. The molecule has 7 aromatic rings. The Balaban J connectivity index is 1.47. The summed E-state index contributed by atoms with van der Waals surface area (Å²) in [6.45, 7) is 1.49. The van der Waals surface area contributed by atoms with Crippen molar-refractivity contribution in [2.45, 2.75) is 6.92 Å². The molecular weight excluding hydrogens is 807 g/mol. The van der Waals surface area contributed by atoms with Crippen molar-refractivity contribution in [1.82, 2.24) is 19.9 Å². The highest BCUT2D eigenvalue weighted by Crippen LogP contribution is 2.42. The number of rotatable bonds is 11. The van der Waals surface area contributed by atoms with E-state index in [1.54, 1.807) is 42.7 Å². The summed E-state index contributed by atoms with van der Waals surface area (Å²) in [6.07, 6.45) is 8.06. The van der Waals surface area contributed by atoms with Gasteiger partial charge in [0.15, 0.2) is 0 Å². The molecule has 5 heterocycles. The van der Waals surface area contributed by atoms with Crippen molar-refractivity contribution in [3.05, 3.63) is 126 Å². The monoisotopic (exact) mass is 851 g/mol. The lowest BCUT2D eigenvalue weighted by atomic mass is 9.98. The van der Waals surface area contributed by atoms with Gasteiger partial charge >= 0.3 is 0 Å². The lowest BCUT2D eigenvalue weighted by Gasteiger charge is -2.12. The number of aromatic amines is 2. The Morgan fingerprint density at radius 2 is 0.906 bits per heavy atom. The number of anilines is 1. The summed E-state index contributed by atoms with van der Waals surface area (Å²) in [4.78, 5) is 30.2. The number of amides is 1. The van der Waals surface area contributed by atoms with E-state index in [0.29, 0.717) is 51.6 Å². The fourth-order valence-electron chi connectivity index (χ4n) is 8.16. The standard InChI is InChI=1S/C52H45N5O7/c1-29(58)53-34-10-8-30(9-11-34)43-25-36-24-35-12-13-44(54-35)49(31-18-37(59-2)26-38(19-31)60-3)45-14-15-46(56-45)50(32-20-39(61-4)27-40(21-32)62-5)47-16-17-48(57-47)51(52(43)55-36)33-22-41(63-6)28-42(23-33)64-7/h8-28,55-56H,1-7H3,(H,53,58). The summed E-state index contributed by atoms with van der Waals surface area (Å²) >= 11 is 0. The van der Waals surface area contributed by atoms with E-state index in [1.165, 1.54) is 6.92 Å². The van der Waals surface area contributed by atoms with Gasteiger partial charge < -0.3 is 43.7 Å². The van der Waals surface area contributed by atoms with E-state index in [0.717, 1.165) is 78.0 Å². The number of hydrogen-bond donors (Lipinski definition) is 3. The number of H-pyrrole nitrogens is 2. The van der Waals surface area contributed by atoms with E-state index in [-0.39, 0.29) is 5.91 Å². The normalized spacial score (nSPS) is 11.6. The summed E-state index contributed by atoms with van der Waals surface area (Å²) in [7, 11) is 9.81. The largest absolute Gasteiger partial charge is 0.497 e. The molecule has 8 bridgehead atoms. The number of hydrogen-bond acceptors (Lipinski definition) is 9. The summed E-state index contributed by atoms with van der Waals surface area (Å²) < 4.78 is 34.7. The molecule has 0 radical (unpaired) electrons. The number of fused-ring (bicyclic) bond motifs is 8. The molecule has 2 aliphatic heterocycles. The third kappa shape index (κ3) is 8.00. The number of aromatic nitrogens is 4. The van der Waals surface area contributed by atoms with Crippen LogP contribution in [0.1, 0.15) is 29.7 Å². The molecule has 12 nitrogen and oxygen atoms in total. The molecule has 4 aromatic carbocycles. The molecule has 1 amide bonds. The molecule has 0 fully saturated rings. The van der Waals surface area contributed by atoms with Gasteiger partial charge in [-0.15, -0.1) is 0 Å². The predicted octanol–water partition coefficient (Wildman–Crippen LogP) is 11.3. The van der Waals surface area contributed by atoms with Gasteiger partial charge in [0.1, 0.15) is 34.5 Å². The topological polar surface area (TPSA) is 142 Å². The number of nitrogens with zero attached hydrogens (tertiary/aromatic N) is 2. The first-order valence-corrected chi connectivity index (χ1v) is 20.4. The average Bonchev–Trinajstić information content (AvgIpc) is 4.16. The highest BCUT2D eigenvalue weighted by Gasteiger charge is 2.21. The van der Waals surface area contributed by atoms with Crippen LogP contribution in [-0.2, 0) is 4.79 Å². The Morgan fingerprint density at radius 3 is 1.38 bits per heavy atom. The summed E-state index contributed by atoms with van der Waals surface area (Å²) in [6, 6.07) is 33.4. The van der Waals surface area contributed by atoms with Crippen molar-refractivity contribution in [2.75, 3.05) is 48.0 Å². The van der Waals surface area contributed by atoms with Gasteiger partial charge in [-0.3, -0.25) is 4.79 Å². The Labute approximate surface area is 369 Å². The lowest BCUT2D eigenvalue weighted by Crippen LogP contribution is -2.05. The van der Waals surface area contributed by atoms with Crippen LogP contribution in [0.2, 0.25) is 0 Å².